The van der Waals surface area contributed by atoms with Gasteiger partial charge in [0.25, 0.3) is 0 Å². The van der Waals surface area contributed by atoms with Crippen LogP contribution in [0.4, 0.5) is 0 Å². The van der Waals surface area contributed by atoms with Gasteiger partial charge in [0.15, 0.2) is 0 Å². The molecule has 3 nitrogen and oxygen atoms in total. The maximum atomic E-state index is 12.2. The molecule has 0 aromatic rings. The van der Waals surface area contributed by atoms with Crippen LogP contribution >= 0.6 is 0 Å². The van der Waals surface area contributed by atoms with E-state index >= 15 is 0 Å². The quantitative estimate of drug-likeness (QED) is 0.382. The maximum absolute atomic E-state index is 12.2. The Labute approximate surface area is 197 Å². The highest BCUT2D eigenvalue weighted by atomic mass is 16.4. The van der Waals surface area contributed by atoms with Gasteiger partial charge in [-0.05, 0) is 111 Å². The third-order valence-electron chi connectivity index (χ3n) is 11.7. The maximum Gasteiger partial charge on any atom is 0.323 e. The van der Waals surface area contributed by atoms with Gasteiger partial charge < -0.3 is 10.8 Å². The van der Waals surface area contributed by atoms with Crippen molar-refractivity contribution in [3.8, 4) is 0 Å². The van der Waals surface area contributed by atoms with Gasteiger partial charge in [0, 0.05) is 0 Å². The van der Waals surface area contributed by atoms with Crippen molar-refractivity contribution in [2.45, 2.75) is 130 Å². The normalized spacial score (nSPS) is 44.1. The van der Waals surface area contributed by atoms with Crippen LogP contribution in [0.5, 0.6) is 0 Å². The van der Waals surface area contributed by atoms with Crippen LogP contribution in [0.3, 0.4) is 0 Å². The lowest BCUT2D eigenvalue weighted by Gasteiger charge is -2.61. The molecule has 9 atom stereocenters. The summed E-state index contributed by atoms with van der Waals surface area (Å²) >= 11 is 0. The zero-order chi connectivity index (χ0) is 23.1. The molecule has 184 valence electrons. The summed E-state index contributed by atoms with van der Waals surface area (Å²) in [7, 11) is 0. The van der Waals surface area contributed by atoms with Crippen molar-refractivity contribution in [1.29, 1.82) is 0 Å². The van der Waals surface area contributed by atoms with Crippen molar-refractivity contribution in [2.75, 3.05) is 0 Å². The zero-order valence-electron chi connectivity index (χ0n) is 21.5. The second-order valence-corrected chi connectivity index (χ2v) is 13.2. The molecule has 4 fully saturated rings. The Morgan fingerprint density at radius 2 is 1.75 bits per heavy atom. The molecule has 0 radical (unpaired) electrons. The van der Waals surface area contributed by atoms with Crippen LogP contribution in [-0.2, 0) is 4.79 Å². The molecule has 3 unspecified atom stereocenters. The van der Waals surface area contributed by atoms with E-state index in [9.17, 15) is 9.90 Å². The first kappa shape index (κ1) is 24.6. The highest BCUT2D eigenvalue weighted by Crippen LogP contribution is 2.68. The van der Waals surface area contributed by atoms with Crippen LogP contribution in [0, 0.1) is 46.3 Å². The fraction of sp³-hybridized carbons (Fsp3) is 0.966. The van der Waals surface area contributed by atoms with Crippen molar-refractivity contribution in [3.05, 3.63) is 0 Å². The number of carboxylic acids is 1. The first-order valence-electron chi connectivity index (χ1n) is 14.2. The number of hydrogen-bond acceptors (Lipinski definition) is 2. The molecule has 0 amide bonds. The molecule has 4 aliphatic rings. The Balaban J connectivity index is 1.48. The van der Waals surface area contributed by atoms with Crippen molar-refractivity contribution in [2.24, 2.45) is 52.1 Å². The Bertz CT molecular complexity index is 678. The van der Waals surface area contributed by atoms with E-state index in [-0.39, 0.29) is 0 Å². The summed E-state index contributed by atoms with van der Waals surface area (Å²) in [5.74, 6) is 3.93. The molecular weight excluding hydrogens is 394 g/mol. The molecule has 3 heteroatoms. The molecule has 0 heterocycles. The van der Waals surface area contributed by atoms with Gasteiger partial charge in [-0.15, -0.1) is 0 Å². The minimum atomic E-state index is -1.05. The molecule has 32 heavy (non-hydrogen) atoms. The van der Waals surface area contributed by atoms with Gasteiger partial charge in [0.05, 0.1) is 0 Å². The Morgan fingerprint density at radius 3 is 2.47 bits per heavy atom. The average molecular weight is 446 g/mol. The fourth-order valence-electron chi connectivity index (χ4n) is 9.97. The fourth-order valence-corrected chi connectivity index (χ4v) is 9.97. The largest absolute Gasteiger partial charge is 0.480 e. The van der Waals surface area contributed by atoms with Gasteiger partial charge in [-0.3, -0.25) is 4.79 Å². The zero-order valence-corrected chi connectivity index (χ0v) is 21.5. The molecule has 0 saturated heterocycles. The van der Waals surface area contributed by atoms with Crippen molar-refractivity contribution >= 4 is 5.97 Å². The Kier molecular flexibility index (Phi) is 7.08. The molecule has 4 saturated carbocycles. The van der Waals surface area contributed by atoms with Gasteiger partial charge in [-0.2, -0.15) is 0 Å². The summed E-state index contributed by atoms with van der Waals surface area (Å²) in [6.07, 6.45) is 18.6. The molecule has 3 N–H and O–H groups in total. The predicted molar refractivity (Wildman–Crippen MR) is 132 cm³/mol. The number of unbranched alkanes of at least 4 members (excludes halogenated alkanes) is 2. The molecule has 4 rings (SSSR count). The Morgan fingerprint density at radius 1 is 1.00 bits per heavy atom. The number of hydrogen-bond donors (Lipinski definition) is 2. The average Bonchev–Trinajstić information content (AvgIpc) is 3.10. The lowest BCUT2D eigenvalue weighted by Crippen LogP contribution is -2.54. The first-order valence-corrected chi connectivity index (χ1v) is 14.2. The molecule has 0 spiro atoms. The number of rotatable bonds is 8. The number of fused-ring (bicyclic) bond motifs is 5. The molecular formula is C29H51NO2. The molecule has 0 aliphatic heterocycles. The second kappa shape index (κ2) is 9.23. The van der Waals surface area contributed by atoms with E-state index in [0.29, 0.717) is 35.5 Å². The van der Waals surface area contributed by atoms with E-state index in [1.54, 1.807) is 0 Å². The smallest absolute Gasteiger partial charge is 0.323 e. The van der Waals surface area contributed by atoms with Gasteiger partial charge in [-0.1, -0.05) is 59.8 Å². The molecule has 0 bridgehead atoms. The molecule has 0 aromatic heterocycles. The van der Waals surface area contributed by atoms with E-state index in [1.165, 1.54) is 64.2 Å². The van der Waals surface area contributed by atoms with E-state index in [4.69, 9.17) is 5.73 Å². The summed E-state index contributed by atoms with van der Waals surface area (Å²) in [5.41, 5.74) is 6.50. The number of aliphatic carboxylic acids is 1. The minimum absolute atomic E-state index is 0.390. The van der Waals surface area contributed by atoms with Crippen LogP contribution in [0.25, 0.3) is 0 Å². The van der Waals surface area contributed by atoms with Crippen molar-refractivity contribution in [3.63, 3.8) is 0 Å². The SMILES string of the molecule is CCCCCC(N)(CC(C)[C@H]1CC[C@H]2[C@@H]3CCC4CCCC[C@]4(C)[C@H]3CC[C@]12C)C(=O)O. The van der Waals surface area contributed by atoms with Gasteiger partial charge in [0.2, 0.25) is 0 Å². The first-order chi connectivity index (χ1) is 15.2. The van der Waals surface area contributed by atoms with E-state index in [0.717, 1.165) is 42.9 Å². The van der Waals surface area contributed by atoms with Gasteiger partial charge in [-0.25, -0.2) is 0 Å². The van der Waals surface area contributed by atoms with Gasteiger partial charge >= 0.3 is 5.97 Å². The highest BCUT2D eigenvalue weighted by molar-refractivity contribution is 5.78. The molecule has 4 aliphatic carbocycles. The topological polar surface area (TPSA) is 63.3 Å². The van der Waals surface area contributed by atoms with Crippen molar-refractivity contribution in [1.82, 2.24) is 0 Å². The summed E-state index contributed by atoms with van der Waals surface area (Å²) in [6.45, 7) is 9.75. The third kappa shape index (κ3) is 4.07. The van der Waals surface area contributed by atoms with Crippen LogP contribution < -0.4 is 5.73 Å². The minimum Gasteiger partial charge on any atom is -0.480 e. The lowest BCUT2D eigenvalue weighted by atomic mass is 9.44. The summed E-state index contributed by atoms with van der Waals surface area (Å²) in [4.78, 5) is 12.2. The van der Waals surface area contributed by atoms with Crippen LogP contribution in [-0.4, -0.2) is 16.6 Å². The summed E-state index contributed by atoms with van der Waals surface area (Å²) in [6, 6.07) is 0. The molecule has 0 aromatic carbocycles. The standard InChI is InChI=1S/C29H51NO2/c1-5-6-8-17-29(30,26(31)32)19-20(2)23-13-14-24-22-12-11-21-10-7-9-16-27(21,3)25(22)15-18-28(23,24)4/h20-25H,5-19,30H2,1-4H3,(H,31,32)/t20?,21?,22-,23+,24-,25-,27-,28+,29?/m0/s1. The van der Waals surface area contributed by atoms with Crippen LogP contribution in [0.2, 0.25) is 0 Å². The summed E-state index contributed by atoms with van der Waals surface area (Å²) in [5, 5.41) is 9.99. The van der Waals surface area contributed by atoms with Crippen LogP contribution in [0.15, 0.2) is 0 Å². The Hall–Kier alpha value is -0.570. The monoisotopic (exact) mass is 445 g/mol. The number of carboxylic acid groups (broad SMARTS) is 1. The lowest BCUT2D eigenvalue weighted by molar-refractivity contribution is -0.145. The van der Waals surface area contributed by atoms with E-state index < -0.39 is 11.5 Å². The van der Waals surface area contributed by atoms with E-state index in [1.807, 2.05) is 0 Å². The summed E-state index contributed by atoms with van der Waals surface area (Å²) < 4.78 is 0. The van der Waals surface area contributed by atoms with Crippen LogP contribution in [0.1, 0.15) is 124 Å². The second-order valence-electron chi connectivity index (χ2n) is 13.2. The number of carbonyl (C=O) groups is 1. The van der Waals surface area contributed by atoms with Crippen molar-refractivity contribution < 1.29 is 9.90 Å². The third-order valence-corrected chi connectivity index (χ3v) is 11.7. The van der Waals surface area contributed by atoms with Gasteiger partial charge in [0.1, 0.15) is 5.54 Å². The van der Waals surface area contributed by atoms with E-state index in [2.05, 4.69) is 27.7 Å². The predicted octanol–water partition coefficient (Wildman–Crippen LogP) is 7.42. The highest BCUT2D eigenvalue weighted by Gasteiger charge is 2.60. The number of nitrogens with two attached hydrogens (primary N) is 1.